The highest BCUT2D eigenvalue weighted by Crippen LogP contribution is 2.15. The van der Waals surface area contributed by atoms with Crippen LogP contribution in [0.4, 0.5) is 15.9 Å². The first-order valence-electron chi connectivity index (χ1n) is 6.79. The summed E-state index contributed by atoms with van der Waals surface area (Å²) in [5.41, 5.74) is 6.99. The normalized spacial score (nSPS) is 11.4. The summed E-state index contributed by atoms with van der Waals surface area (Å²) >= 11 is 0. The van der Waals surface area contributed by atoms with Crippen LogP contribution in [0.2, 0.25) is 0 Å². The first-order valence-corrected chi connectivity index (χ1v) is 6.79. The molecule has 2 rings (SSSR count). The van der Waals surface area contributed by atoms with E-state index in [1.54, 1.807) is 18.2 Å². The number of hydrogen-bond donors (Lipinski definition) is 2. The smallest absolute Gasteiger partial charge is 0.224 e. The van der Waals surface area contributed by atoms with Crippen LogP contribution in [0.3, 0.4) is 0 Å². The molecule has 4 nitrogen and oxygen atoms in total. The second kappa shape index (κ2) is 8.34. The Morgan fingerprint density at radius 3 is 2.77 bits per heavy atom. The third-order valence-electron chi connectivity index (χ3n) is 3.08. The number of aromatic nitrogens is 1. The van der Waals surface area contributed by atoms with Crippen LogP contribution >= 0.6 is 12.4 Å². The van der Waals surface area contributed by atoms with Gasteiger partial charge in [0.1, 0.15) is 11.6 Å². The maximum absolute atomic E-state index is 13.1. The number of carbonyl (C=O) groups excluding carboxylic acids is 1. The fourth-order valence-electron chi connectivity index (χ4n) is 2.15. The van der Waals surface area contributed by atoms with E-state index in [4.69, 9.17) is 5.73 Å². The molecule has 0 radical (unpaired) electrons. The van der Waals surface area contributed by atoms with Gasteiger partial charge in [0.2, 0.25) is 5.91 Å². The molecule has 1 amide bonds. The summed E-state index contributed by atoms with van der Waals surface area (Å²) in [5.74, 6) is 0.184. The Kier molecular flexibility index (Phi) is 6.79. The van der Waals surface area contributed by atoms with Crippen LogP contribution in [0.1, 0.15) is 18.9 Å². The number of nitrogen functional groups attached to an aromatic ring is 1. The number of pyridine rings is 1. The Morgan fingerprint density at radius 1 is 1.36 bits per heavy atom. The Hall–Kier alpha value is -2.14. The highest BCUT2D eigenvalue weighted by atomic mass is 35.5. The number of carbonyl (C=O) groups is 1. The van der Waals surface area contributed by atoms with E-state index >= 15 is 0 Å². The molecule has 0 aliphatic heterocycles. The van der Waals surface area contributed by atoms with Gasteiger partial charge in [-0.15, -0.1) is 12.4 Å². The van der Waals surface area contributed by atoms with Crippen molar-refractivity contribution in [2.45, 2.75) is 19.8 Å². The van der Waals surface area contributed by atoms with Gasteiger partial charge in [-0.3, -0.25) is 4.79 Å². The molecule has 1 aromatic carbocycles. The number of amides is 1. The van der Waals surface area contributed by atoms with Gasteiger partial charge >= 0.3 is 0 Å². The first-order chi connectivity index (χ1) is 10.0. The Morgan fingerprint density at radius 2 is 2.14 bits per heavy atom. The number of benzene rings is 1. The van der Waals surface area contributed by atoms with Crippen LogP contribution in [-0.4, -0.2) is 10.9 Å². The molecule has 0 aliphatic rings. The van der Waals surface area contributed by atoms with Crippen LogP contribution in [0, 0.1) is 11.7 Å². The molecule has 1 heterocycles. The number of nitrogens with one attached hydrogen (secondary N) is 1. The largest absolute Gasteiger partial charge is 0.384 e. The van der Waals surface area contributed by atoms with Gasteiger partial charge in [-0.2, -0.15) is 0 Å². The van der Waals surface area contributed by atoms with Crippen molar-refractivity contribution in [2.24, 2.45) is 5.92 Å². The summed E-state index contributed by atoms with van der Waals surface area (Å²) in [7, 11) is 0. The van der Waals surface area contributed by atoms with Crippen molar-refractivity contribution >= 4 is 29.8 Å². The standard InChI is InChI=1S/C16H18FN3O.ClH/c1-11(7-12-3-2-4-13(17)9-12)8-16(21)20-14-5-6-15(18)19-10-14;/h2-6,9-11H,7-8H2,1H3,(H2,18,19)(H,20,21);1H. The summed E-state index contributed by atoms with van der Waals surface area (Å²) in [5, 5.41) is 2.77. The molecule has 3 N–H and O–H groups in total. The van der Waals surface area contributed by atoms with Crippen LogP contribution in [-0.2, 0) is 11.2 Å². The highest BCUT2D eigenvalue weighted by molar-refractivity contribution is 5.90. The summed E-state index contributed by atoms with van der Waals surface area (Å²) in [4.78, 5) is 15.8. The molecule has 0 saturated carbocycles. The van der Waals surface area contributed by atoms with E-state index in [0.717, 1.165) is 5.56 Å². The molecule has 118 valence electrons. The number of anilines is 2. The van der Waals surface area contributed by atoms with Crippen LogP contribution in [0.25, 0.3) is 0 Å². The van der Waals surface area contributed by atoms with E-state index in [1.165, 1.54) is 18.3 Å². The van der Waals surface area contributed by atoms with E-state index in [-0.39, 0.29) is 30.0 Å². The molecule has 1 unspecified atom stereocenters. The van der Waals surface area contributed by atoms with Crippen molar-refractivity contribution in [3.05, 3.63) is 54.0 Å². The minimum absolute atomic E-state index is 0. The quantitative estimate of drug-likeness (QED) is 0.885. The van der Waals surface area contributed by atoms with Gasteiger partial charge in [-0.25, -0.2) is 9.37 Å². The second-order valence-corrected chi connectivity index (χ2v) is 5.16. The van der Waals surface area contributed by atoms with E-state index in [1.807, 2.05) is 13.0 Å². The number of nitrogens with two attached hydrogens (primary N) is 1. The highest BCUT2D eigenvalue weighted by Gasteiger charge is 2.11. The Bertz CT molecular complexity index is 619. The van der Waals surface area contributed by atoms with Gasteiger partial charge in [-0.1, -0.05) is 19.1 Å². The zero-order chi connectivity index (χ0) is 15.2. The fraction of sp³-hybridized carbons (Fsp3) is 0.250. The molecule has 1 aromatic heterocycles. The molecule has 0 fully saturated rings. The fourth-order valence-corrected chi connectivity index (χ4v) is 2.15. The van der Waals surface area contributed by atoms with Gasteiger partial charge in [-0.05, 0) is 42.2 Å². The lowest BCUT2D eigenvalue weighted by Crippen LogP contribution is -2.16. The van der Waals surface area contributed by atoms with Gasteiger partial charge < -0.3 is 11.1 Å². The van der Waals surface area contributed by atoms with Gasteiger partial charge in [0, 0.05) is 6.42 Å². The zero-order valence-corrected chi connectivity index (χ0v) is 13.1. The predicted molar refractivity (Wildman–Crippen MR) is 88.4 cm³/mol. The van der Waals surface area contributed by atoms with Gasteiger partial charge in [0.05, 0.1) is 11.9 Å². The van der Waals surface area contributed by atoms with Crippen LogP contribution in [0.5, 0.6) is 0 Å². The third kappa shape index (κ3) is 5.69. The minimum atomic E-state index is -0.253. The summed E-state index contributed by atoms with van der Waals surface area (Å²) in [6.07, 6.45) is 2.54. The number of hydrogen-bond acceptors (Lipinski definition) is 3. The molecule has 0 aliphatic carbocycles. The average Bonchev–Trinajstić information content (AvgIpc) is 2.41. The maximum Gasteiger partial charge on any atom is 0.224 e. The second-order valence-electron chi connectivity index (χ2n) is 5.16. The number of halogens is 2. The molecule has 6 heteroatoms. The van der Waals surface area contributed by atoms with Gasteiger partial charge in [0.25, 0.3) is 0 Å². The van der Waals surface area contributed by atoms with Crippen LogP contribution < -0.4 is 11.1 Å². The van der Waals surface area contributed by atoms with Crippen molar-refractivity contribution in [2.75, 3.05) is 11.1 Å². The van der Waals surface area contributed by atoms with E-state index < -0.39 is 0 Å². The van der Waals surface area contributed by atoms with E-state index in [9.17, 15) is 9.18 Å². The Balaban J connectivity index is 0.00000242. The monoisotopic (exact) mass is 323 g/mol. The number of nitrogens with zero attached hydrogens (tertiary/aromatic N) is 1. The first kappa shape index (κ1) is 17.9. The molecule has 22 heavy (non-hydrogen) atoms. The lowest BCUT2D eigenvalue weighted by atomic mass is 9.98. The van der Waals surface area contributed by atoms with Crippen LogP contribution in [0.15, 0.2) is 42.6 Å². The molecule has 0 spiro atoms. The predicted octanol–water partition coefficient (Wildman–Crippen LogP) is 3.43. The van der Waals surface area contributed by atoms with Crippen molar-refractivity contribution in [3.8, 4) is 0 Å². The number of rotatable bonds is 5. The Labute approximate surface area is 135 Å². The topological polar surface area (TPSA) is 68.0 Å². The lowest BCUT2D eigenvalue weighted by Gasteiger charge is -2.12. The molecule has 0 saturated heterocycles. The van der Waals surface area contributed by atoms with Crippen molar-refractivity contribution in [1.29, 1.82) is 0 Å². The zero-order valence-electron chi connectivity index (χ0n) is 12.3. The molecular formula is C16H19ClFN3O. The van der Waals surface area contributed by atoms with E-state index in [0.29, 0.717) is 24.3 Å². The third-order valence-corrected chi connectivity index (χ3v) is 3.08. The minimum Gasteiger partial charge on any atom is -0.384 e. The van der Waals surface area contributed by atoms with E-state index in [2.05, 4.69) is 10.3 Å². The molecular weight excluding hydrogens is 305 g/mol. The van der Waals surface area contributed by atoms with Crippen molar-refractivity contribution in [3.63, 3.8) is 0 Å². The SMILES string of the molecule is CC(CC(=O)Nc1ccc(N)nc1)Cc1cccc(F)c1.Cl. The summed E-state index contributed by atoms with van der Waals surface area (Å²) < 4.78 is 13.1. The maximum atomic E-state index is 13.1. The average molecular weight is 324 g/mol. The van der Waals surface area contributed by atoms with Crippen molar-refractivity contribution in [1.82, 2.24) is 4.98 Å². The lowest BCUT2D eigenvalue weighted by molar-refractivity contribution is -0.116. The van der Waals surface area contributed by atoms with Crippen molar-refractivity contribution < 1.29 is 9.18 Å². The van der Waals surface area contributed by atoms with Gasteiger partial charge in [0.15, 0.2) is 0 Å². The summed E-state index contributed by atoms with van der Waals surface area (Å²) in [6.45, 7) is 1.96. The molecule has 0 bridgehead atoms. The summed E-state index contributed by atoms with van der Waals surface area (Å²) in [6, 6.07) is 9.79. The molecule has 1 atom stereocenters. The molecule has 2 aromatic rings.